The quantitative estimate of drug-likeness (QED) is 0.825. The average molecular weight is 233 g/mol. The molecule has 0 heterocycles. The second-order valence-electron chi connectivity index (χ2n) is 5.83. The summed E-state index contributed by atoms with van der Waals surface area (Å²) >= 11 is 0. The highest BCUT2D eigenvalue weighted by molar-refractivity contribution is 5.35. The largest absolute Gasteiger partial charge is 0.313 e. The molecule has 1 atom stereocenters. The van der Waals surface area contributed by atoms with E-state index in [-0.39, 0.29) is 5.41 Å². The summed E-state index contributed by atoms with van der Waals surface area (Å²) in [6, 6.07) is 7.36. The monoisotopic (exact) mass is 233 g/mol. The predicted octanol–water partition coefficient (Wildman–Crippen LogP) is 4.12. The average Bonchev–Trinajstić information content (AvgIpc) is 2.28. The van der Waals surface area contributed by atoms with Crippen molar-refractivity contribution in [2.75, 3.05) is 7.05 Å². The van der Waals surface area contributed by atoms with Gasteiger partial charge in [-0.05, 0) is 42.0 Å². The molecule has 0 radical (unpaired) electrons. The van der Waals surface area contributed by atoms with Crippen LogP contribution in [0.25, 0.3) is 0 Å². The van der Waals surface area contributed by atoms with Crippen LogP contribution in [0.2, 0.25) is 0 Å². The van der Waals surface area contributed by atoms with Crippen molar-refractivity contribution in [3.8, 4) is 0 Å². The molecule has 0 fully saturated rings. The van der Waals surface area contributed by atoms with Crippen LogP contribution in [0, 0.1) is 5.41 Å². The molecule has 0 amide bonds. The van der Waals surface area contributed by atoms with Crippen LogP contribution in [0.15, 0.2) is 18.2 Å². The summed E-state index contributed by atoms with van der Waals surface area (Å²) in [5.41, 5.74) is 4.62. The van der Waals surface area contributed by atoms with E-state index < -0.39 is 0 Å². The van der Waals surface area contributed by atoms with Gasteiger partial charge in [0.1, 0.15) is 0 Å². The fourth-order valence-electron chi connectivity index (χ4n) is 2.51. The first-order valence-electron chi connectivity index (χ1n) is 6.73. The van der Waals surface area contributed by atoms with Crippen molar-refractivity contribution in [2.45, 2.75) is 53.5 Å². The first-order valence-corrected chi connectivity index (χ1v) is 6.73. The number of nitrogens with one attached hydrogen (secondary N) is 1. The Morgan fingerprint density at radius 3 is 2.18 bits per heavy atom. The Bertz CT molecular complexity index is 360. The molecule has 0 aliphatic rings. The highest BCUT2D eigenvalue weighted by atomic mass is 14.9. The van der Waals surface area contributed by atoms with E-state index in [0.29, 0.717) is 6.04 Å². The van der Waals surface area contributed by atoms with Crippen molar-refractivity contribution in [2.24, 2.45) is 5.41 Å². The number of hydrogen-bond donors (Lipinski definition) is 1. The fraction of sp³-hybridized carbons (Fsp3) is 0.625. The summed E-state index contributed by atoms with van der Waals surface area (Å²) in [6.45, 7) is 11.3. The van der Waals surface area contributed by atoms with Gasteiger partial charge in [0.25, 0.3) is 0 Å². The van der Waals surface area contributed by atoms with Crippen molar-refractivity contribution < 1.29 is 0 Å². The van der Waals surface area contributed by atoms with Crippen LogP contribution in [0.1, 0.15) is 57.4 Å². The highest BCUT2D eigenvalue weighted by Gasteiger charge is 2.26. The topological polar surface area (TPSA) is 12.0 Å². The number of aryl methyl sites for hydroxylation is 2. The van der Waals surface area contributed by atoms with Crippen LogP contribution < -0.4 is 5.32 Å². The van der Waals surface area contributed by atoms with E-state index in [4.69, 9.17) is 0 Å². The van der Waals surface area contributed by atoms with E-state index >= 15 is 0 Å². The molecule has 1 rings (SSSR count). The predicted molar refractivity (Wildman–Crippen MR) is 76.5 cm³/mol. The Hall–Kier alpha value is -0.820. The first-order chi connectivity index (χ1) is 7.93. The molecule has 1 aromatic carbocycles. The van der Waals surface area contributed by atoms with Crippen molar-refractivity contribution in [1.82, 2.24) is 5.32 Å². The van der Waals surface area contributed by atoms with Crippen molar-refractivity contribution in [3.63, 3.8) is 0 Å². The van der Waals surface area contributed by atoms with E-state index in [1.165, 1.54) is 16.7 Å². The van der Waals surface area contributed by atoms with Gasteiger partial charge in [0.05, 0.1) is 0 Å². The molecule has 0 bridgehead atoms. The molecule has 0 aliphatic carbocycles. The molecular weight excluding hydrogens is 206 g/mol. The molecular formula is C16H27N. The zero-order chi connectivity index (χ0) is 13.1. The summed E-state index contributed by atoms with van der Waals surface area (Å²) in [5.74, 6) is 0. The minimum Gasteiger partial charge on any atom is -0.313 e. The molecule has 1 heteroatoms. The van der Waals surface area contributed by atoms with Gasteiger partial charge >= 0.3 is 0 Å². The third kappa shape index (κ3) is 3.32. The molecule has 1 unspecified atom stereocenters. The second kappa shape index (κ2) is 5.68. The Morgan fingerprint density at radius 1 is 1.12 bits per heavy atom. The molecule has 1 N–H and O–H groups in total. The summed E-state index contributed by atoms with van der Waals surface area (Å²) in [4.78, 5) is 0. The molecule has 1 nitrogen and oxygen atoms in total. The maximum Gasteiger partial charge on any atom is 0.0369 e. The summed E-state index contributed by atoms with van der Waals surface area (Å²) in [5, 5.41) is 3.48. The van der Waals surface area contributed by atoms with Crippen LogP contribution in [0.3, 0.4) is 0 Å². The standard InChI is InChI=1S/C16H27N/c1-7-12-9-10-13(8-2)14(11-12)15(17-6)16(3,4)5/h9-11,15,17H,7-8H2,1-6H3. The lowest BCUT2D eigenvalue weighted by atomic mass is 9.80. The van der Waals surface area contributed by atoms with Gasteiger partial charge in [-0.3, -0.25) is 0 Å². The molecule has 0 saturated heterocycles. The molecule has 17 heavy (non-hydrogen) atoms. The minimum atomic E-state index is 0.241. The van der Waals surface area contributed by atoms with Gasteiger partial charge in [0, 0.05) is 6.04 Å². The lowest BCUT2D eigenvalue weighted by Gasteiger charge is -2.32. The first kappa shape index (κ1) is 14.2. The minimum absolute atomic E-state index is 0.241. The van der Waals surface area contributed by atoms with Crippen LogP contribution in [0.4, 0.5) is 0 Å². The van der Waals surface area contributed by atoms with E-state index in [1.54, 1.807) is 0 Å². The Morgan fingerprint density at radius 2 is 1.76 bits per heavy atom. The van der Waals surface area contributed by atoms with Crippen LogP contribution in [-0.4, -0.2) is 7.05 Å². The molecule has 0 spiro atoms. The molecule has 0 saturated carbocycles. The molecule has 0 aromatic heterocycles. The fourth-order valence-corrected chi connectivity index (χ4v) is 2.51. The number of hydrogen-bond acceptors (Lipinski definition) is 1. The molecule has 96 valence electrons. The van der Waals surface area contributed by atoms with Gasteiger partial charge in [0.15, 0.2) is 0 Å². The zero-order valence-electron chi connectivity index (χ0n) is 12.2. The van der Waals surface area contributed by atoms with Gasteiger partial charge in [0.2, 0.25) is 0 Å². The highest BCUT2D eigenvalue weighted by Crippen LogP contribution is 2.34. The van der Waals surface area contributed by atoms with E-state index in [9.17, 15) is 0 Å². The maximum absolute atomic E-state index is 3.48. The van der Waals surface area contributed by atoms with Crippen LogP contribution in [-0.2, 0) is 12.8 Å². The lowest BCUT2D eigenvalue weighted by molar-refractivity contribution is 0.285. The van der Waals surface area contributed by atoms with Gasteiger partial charge in [-0.2, -0.15) is 0 Å². The summed E-state index contributed by atoms with van der Waals surface area (Å²) < 4.78 is 0. The Labute approximate surface area is 107 Å². The molecule has 1 aromatic rings. The normalized spacial score (nSPS) is 13.8. The van der Waals surface area contributed by atoms with Gasteiger partial charge in [-0.15, -0.1) is 0 Å². The Kier molecular flexibility index (Phi) is 4.76. The lowest BCUT2D eigenvalue weighted by Crippen LogP contribution is -2.30. The maximum atomic E-state index is 3.48. The Balaban J connectivity index is 3.25. The number of rotatable bonds is 4. The van der Waals surface area contributed by atoms with Crippen molar-refractivity contribution in [1.29, 1.82) is 0 Å². The van der Waals surface area contributed by atoms with Gasteiger partial charge in [-0.1, -0.05) is 52.8 Å². The zero-order valence-corrected chi connectivity index (χ0v) is 12.2. The van der Waals surface area contributed by atoms with E-state index in [1.807, 2.05) is 0 Å². The van der Waals surface area contributed by atoms with Gasteiger partial charge < -0.3 is 5.32 Å². The molecule has 0 aliphatic heterocycles. The number of benzene rings is 1. The van der Waals surface area contributed by atoms with Crippen molar-refractivity contribution in [3.05, 3.63) is 34.9 Å². The third-order valence-corrected chi connectivity index (χ3v) is 3.47. The van der Waals surface area contributed by atoms with Crippen LogP contribution >= 0.6 is 0 Å². The SMILES string of the molecule is CCc1ccc(CC)c(C(NC)C(C)(C)C)c1. The summed E-state index contributed by atoms with van der Waals surface area (Å²) in [7, 11) is 2.06. The van der Waals surface area contributed by atoms with E-state index in [2.05, 4.69) is 65.2 Å². The third-order valence-electron chi connectivity index (χ3n) is 3.47. The van der Waals surface area contributed by atoms with Crippen molar-refractivity contribution >= 4 is 0 Å². The summed E-state index contributed by atoms with van der Waals surface area (Å²) in [6.07, 6.45) is 2.21. The van der Waals surface area contributed by atoms with Gasteiger partial charge in [-0.25, -0.2) is 0 Å². The smallest absolute Gasteiger partial charge is 0.0369 e. The van der Waals surface area contributed by atoms with E-state index in [0.717, 1.165) is 12.8 Å². The van der Waals surface area contributed by atoms with Crippen LogP contribution in [0.5, 0.6) is 0 Å². The second-order valence-corrected chi connectivity index (χ2v) is 5.83.